The van der Waals surface area contributed by atoms with E-state index in [0.29, 0.717) is 10.0 Å². The first-order chi connectivity index (χ1) is 6.02. The van der Waals surface area contributed by atoms with Gasteiger partial charge in [-0.1, -0.05) is 23.2 Å². The third-order valence-electron chi connectivity index (χ3n) is 1.60. The lowest BCUT2D eigenvalue weighted by atomic mass is 10.2. The Labute approximate surface area is 92.0 Å². The molecule has 0 amide bonds. The van der Waals surface area contributed by atoms with Gasteiger partial charge in [0.15, 0.2) is 5.11 Å². The number of thiocarbonyl (C=S) groups is 1. The van der Waals surface area contributed by atoms with Gasteiger partial charge in [-0.25, -0.2) is 0 Å². The van der Waals surface area contributed by atoms with Crippen LogP contribution in [0.3, 0.4) is 0 Å². The van der Waals surface area contributed by atoms with Crippen LogP contribution in [-0.4, -0.2) is 5.11 Å². The maximum absolute atomic E-state index is 5.91. The lowest BCUT2D eigenvalue weighted by molar-refractivity contribution is 1.45. The zero-order valence-electron chi connectivity index (χ0n) is 6.90. The molecule has 0 bridgehead atoms. The quantitative estimate of drug-likeness (QED) is 0.735. The highest BCUT2D eigenvalue weighted by Gasteiger charge is 2.06. The Morgan fingerprint density at radius 3 is 2.62 bits per heavy atom. The highest BCUT2D eigenvalue weighted by molar-refractivity contribution is 7.80. The molecule has 0 atom stereocenters. The number of nitrogens with two attached hydrogens (primary N) is 1. The zero-order valence-corrected chi connectivity index (χ0v) is 9.22. The summed E-state index contributed by atoms with van der Waals surface area (Å²) in [7, 11) is 0. The normalized spacial score (nSPS) is 9.77. The number of anilines is 1. The predicted octanol–water partition coefficient (Wildman–Crippen LogP) is 2.96. The number of nitrogens with one attached hydrogen (secondary N) is 1. The molecule has 13 heavy (non-hydrogen) atoms. The highest BCUT2D eigenvalue weighted by atomic mass is 35.5. The number of benzene rings is 1. The van der Waals surface area contributed by atoms with Crippen molar-refractivity contribution in [3.05, 3.63) is 27.7 Å². The fourth-order valence-electron chi connectivity index (χ4n) is 0.920. The Morgan fingerprint density at radius 1 is 1.46 bits per heavy atom. The lowest BCUT2D eigenvalue weighted by Gasteiger charge is -2.09. The van der Waals surface area contributed by atoms with Crippen molar-refractivity contribution >= 4 is 46.2 Å². The molecule has 0 fully saturated rings. The van der Waals surface area contributed by atoms with E-state index in [1.165, 1.54) is 0 Å². The summed E-state index contributed by atoms with van der Waals surface area (Å²) in [4.78, 5) is 0. The maximum Gasteiger partial charge on any atom is 0.168 e. The monoisotopic (exact) mass is 234 g/mol. The minimum Gasteiger partial charge on any atom is -0.376 e. The third-order valence-corrected chi connectivity index (χ3v) is 2.60. The largest absolute Gasteiger partial charge is 0.376 e. The van der Waals surface area contributed by atoms with E-state index in [4.69, 9.17) is 41.2 Å². The number of rotatable bonds is 1. The molecule has 3 N–H and O–H groups in total. The van der Waals surface area contributed by atoms with Crippen LogP contribution in [0.2, 0.25) is 10.0 Å². The summed E-state index contributed by atoms with van der Waals surface area (Å²) in [5.41, 5.74) is 6.94. The van der Waals surface area contributed by atoms with Gasteiger partial charge in [0.2, 0.25) is 0 Å². The molecule has 0 saturated heterocycles. The van der Waals surface area contributed by atoms with Gasteiger partial charge in [-0.2, -0.15) is 0 Å². The van der Waals surface area contributed by atoms with E-state index < -0.39 is 0 Å². The Balaban J connectivity index is 3.10. The molecule has 0 radical (unpaired) electrons. The maximum atomic E-state index is 5.91. The van der Waals surface area contributed by atoms with Crippen LogP contribution in [-0.2, 0) is 0 Å². The van der Waals surface area contributed by atoms with Crippen molar-refractivity contribution in [2.75, 3.05) is 5.32 Å². The van der Waals surface area contributed by atoms with E-state index >= 15 is 0 Å². The van der Waals surface area contributed by atoms with Gasteiger partial charge in [-0.05, 0) is 36.8 Å². The van der Waals surface area contributed by atoms with Crippen LogP contribution in [0.15, 0.2) is 12.1 Å². The van der Waals surface area contributed by atoms with Crippen molar-refractivity contribution in [3.63, 3.8) is 0 Å². The van der Waals surface area contributed by atoms with Crippen molar-refractivity contribution in [2.45, 2.75) is 6.92 Å². The average Bonchev–Trinajstić information content (AvgIpc) is 2.06. The fourth-order valence-corrected chi connectivity index (χ4v) is 1.40. The Bertz CT molecular complexity index is 352. The van der Waals surface area contributed by atoms with Crippen molar-refractivity contribution < 1.29 is 0 Å². The molecule has 1 rings (SSSR count). The molecule has 0 spiro atoms. The molecular formula is C8H8Cl2N2S. The Kier molecular flexibility index (Phi) is 3.36. The molecule has 0 aliphatic heterocycles. The minimum atomic E-state index is 0.210. The zero-order chi connectivity index (χ0) is 10.0. The van der Waals surface area contributed by atoms with Crippen LogP contribution in [0.4, 0.5) is 5.69 Å². The van der Waals surface area contributed by atoms with Crippen LogP contribution in [0.5, 0.6) is 0 Å². The minimum absolute atomic E-state index is 0.210. The Morgan fingerprint density at radius 2 is 2.08 bits per heavy atom. The van der Waals surface area contributed by atoms with Crippen LogP contribution < -0.4 is 11.1 Å². The SMILES string of the molecule is Cc1c(NC(N)=S)ccc(Cl)c1Cl. The van der Waals surface area contributed by atoms with Gasteiger partial charge in [0, 0.05) is 5.69 Å². The van der Waals surface area contributed by atoms with Gasteiger partial charge in [-0.15, -0.1) is 0 Å². The molecule has 0 aliphatic rings. The van der Waals surface area contributed by atoms with Crippen molar-refractivity contribution in [1.82, 2.24) is 0 Å². The summed E-state index contributed by atoms with van der Waals surface area (Å²) in [6.45, 7) is 1.84. The first kappa shape index (κ1) is 10.6. The van der Waals surface area contributed by atoms with Gasteiger partial charge in [0.05, 0.1) is 10.0 Å². The molecule has 1 aromatic rings. The first-order valence-electron chi connectivity index (χ1n) is 3.53. The Hall–Kier alpha value is -0.510. The van der Waals surface area contributed by atoms with Crippen molar-refractivity contribution in [3.8, 4) is 0 Å². The summed E-state index contributed by atoms with van der Waals surface area (Å²) in [5, 5.41) is 4.05. The second-order valence-corrected chi connectivity index (χ2v) is 3.75. The number of hydrogen-bond donors (Lipinski definition) is 2. The second-order valence-electron chi connectivity index (χ2n) is 2.52. The molecule has 1 aromatic carbocycles. The molecule has 5 heteroatoms. The van der Waals surface area contributed by atoms with E-state index in [0.717, 1.165) is 11.3 Å². The van der Waals surface area contributed by atoms with Crippen LogP contribution in [0.25, 0.3) is 0 Å². The predicted molar refractivity (Wildman–Crippen MR) is 61.6 cm³/mol. The van der Waals surface area contributed by atoms with Crippen molar-refractivity contribution in [1.29, 1.82) is 0 Å². The molecule has 2 nitrogen and oxygen atoms in total. The molecule has 70 valence electrons. The molecule has 0 saturated carbocycles. The smallest absolute Gasteiger partial charge is 0.168 e. The molecule has 0 aromatic heterocycles. The van der Waals surface area contributed by atoms with Crippen LogP contribution >= 0.6 is 35.4 Å². The van der Waals surface area contributed by atoms with Crippen LogP contribution in [0.1, 0.15) is 5.56 Å². The van der Waals surface area contributed by atoms with Gasteiger partial charge in [-0.3, -0.25) is 0 Å². The number of halogens is 2. The average molecular weight is 235 g/mol. The summed E-state index contributed by atoms with van der Waals surface area (Å²) < 4.78 is 0. The summed E-state index contributed by atoms with van der Waals surface area (Å²) in [6.07, 6.45) is 0. The van der Waals surface area contributed by atoms with Crippen LogP contribution in [0, 0.1) is 6.92 Å². The first-order valence-corrected chi connectivity index (χ1v) is 4.70. The number of hydrogen-bond acceptors (Lipinski definition) is 1. The second kappa shape index (κ2) is 4.13. The van der Waals surface area contributed by atoms with Gasteiger partial charge in [0.1, 0.15) is 0 Å². The van der Waals surface area contributed by atoms with Crippen molar-refractivity contribution in [2.24, 2.45) is 5.73 Å². The van der Waals surface area contributed by atoms with Gasteiger partial charge >= 0.3 is 0 Å². The standard InChI is InChI=1S/C8H8Cl2N2S/c1-4-6(12-8(11)13)3-2-5(9)7(4)10/h2-3H,1H3,(H3,11,12,13). The summed E-state index contributed by atoms with van der Waals surface area (Å²) in [6, 6.07) is 3.47. The molecular weight excluding hydrogens is 227 g/mol. The fraction of sp³-hybridized carbons (Fsp3) is 0.125. The van der Waals surface area contributed by atoms with Gasteiger partial charge in [0.25, 0.3) is 0 Å². The third kappa shape index (κ3) is 2.46. The lowest BCUT2D eigenvalue weighted by Crippen LogP contribution is -2.19. The van der Waals surface area contributed by atoms with E-state index in [2.05, 4.69) is 5.32 Å². The molecule has 0 aliphatic carbocycles. The topological polar surface area (TPSA) is 38.0 Å². The summed E-state index contributed by atoms with van der Waals surface area (Å²) in [5.74, 6) is 0. The van der Waals surface area contributed by atoms with E-state index in [9.17, 15) is 0 Å². The molecule has 0 unspecified atom stereocenters. The van der Waals surface area contributed by atoms with E-state index in [1.807, 2.05) is 6.92 Å². The van der Waals surface area contributed by atoms with E-state index in [-0.39, 0.29) is 5.11 Å². The highest BCUT2D eigenvalue weighted by Crippen LogP contribution is 2.30. The van der Waals surface area contributed by atoms with Gasteiger partial charge < -0.3 is 11.1 Å². The van der Waals surface area contributed by atoms with E-state index in [1.54, 1.807) is 12.1 Å². The molecule has 0 heterocycles. The summed E-state index contributed by atoms with van der Waals surface area (Å²) >= 11 is 16.4.